The molecule has 3 aromatic heterocycles. The number of nitrogens with zero attached hydrogens (tertiary/aromatic N) is 5. The van der Waals surface area contributed by atoms with Gasteiger partial charge in [-0.2, -0.15) is 0 Å². The van der Waals surface area contributed by atoms with Gasteiger partial charge in [-0.05, 0) is 30.2 Å². The normalized spacial score (nSPS) is 13.9. The first-order valence-corrected chi connectivity index (χ1v) is 10.4. The zero-order chi connectivity index (χ0) is 22.0. The number of hydrogen-bond donors (Lipinski definition) is 4. The molecule has 1 aliphatic heterocycles. The van der Waals surface area contributed by atoms with E-state index in [-0.39, 0.29) is 11.9 Å². The van der Waals surface area contributed by atoms with Crippen molar-refractivity contribution in [3.63, 3.8) is 0 Å². The number of nitrogens with two attached hydrogens (primary N) is 2. The highest BCUT2D eigenvalue weighted by molar-refractivity contribution is 5.74. The Morgan fingerprint density at radius 2 is 1.50 bits per heavy atom. The van der Waals surface area contributed by atoms with Crippen LogP contribution in [0.4, 0.5) is 23.4 Å². The van der Waals surface area contributed by atoms with Crippen LogP contribution in [0, 0.1) is 0 Å². The molecule has 6 N–H and O–H groups in total. The van der Waals surface area contributed by atoms with Gasteiger partial charge in [0.2, 0.25) is 11.9 Å². The minimum absolute atomic E-state index is 0.194. The van der Waals surface area contributed by atoms with E-state index in [1.165, 1.54) is 5.56 Å². The number of hydrogen-bond acceptors (Lipinski definition) is 9. The summed E-state index contributed by atoms with van der Waals surface area (Å²) in [6.07, 6.45) is 5.98. The molecule has 9 heteroatoms. The molecule has 0 unspecified atom stereocenters. The molecule has 0 saturated carbocycles. The topological polar surface area (TPSA) is 141 Å². The largest absolute Gasteiger partial charge is 0.384 e. The summed E-state index contributed by atoms with van der Waals surface area (Å²) in [6, 6.07) is 16.0. The second-order valence-electron chi connectivity index (χ2n) is 7.60. The van der Waals surface area contributed by atoms with Gasteiger partial charge < -0.3 is 22.1 Å². The van der Waals surface area contributed by atoms with Gasteiger partial charge in [0, 0.05) is 42.9 Å². The van der Waals surface area contributed by atoms with Crippen molar-refractivity contribution in [2.24, 2.45) is 0 Å². The summed E-state index contributed by atoms with van der Waals surface area (Å²) < 4.78 is 0. The van der Waals surface area contributed by atoms with E-state index in [1.54, 1.807) is 18.6 Å². The lowest BCUT2D eigenvalue weighted by molar-refractivity contribution is 0.635. The van der Waals surface area contributed by atoms with Gasteiger partial charge in [0.1, 0.15) is 11.2 Å². The number of aromatic nitrogens is 5. The average molecular weight is 426 g/mol. The zero-order valence-corrected chi connectivity index (χ0v) is 17.4. The van der Waals surface area contributed by atoms with Crippen LogP contribution in [-0.2, 0) is 11.8 Å². The zero-order valence-electron chi connectivity index (χ0n) is 17.4. The molecule has 9 nitrogen and oxygen atoms in total. The van der Waals surface area contributed by atoms with Crippen LogP contribution in [0.2, 0.25) is 0 Å². The molecule has 32 heavy (non-hydrogen) atoms. The van der Waals surface area contributed by atoms with E-state index in [9.17, 15) is 0 Å². The lowest BCUT2D eigenvalue weighted by Crippen LogP contribution is -2.35. The van der Waals surface area contributed by atoms with Crippen LogP contribution in [0.15, 0.2) is 67.1 Å². The third-order valence-electron chi connectivity index (χ3n) is 5.69. The van der Waals surface area contributed by atoms with Crippen LogP contribution in [0.1, 0.15) is 22.5 Å². The highest BCUT2D eigenvalue weighted by Crippen LogP contribution is 2.48. The van der Waals surface area contributed by atoms with Gasteiger partial charge in [0.05, 0.1) is 11.4 Å². The molecule has 0 spiro atoms. The van der Waals surface area contributed by atoms with Crippen LogP contribution in [-0.4, -0.2) is 38.0 Å². The maximum absolute atomic E-state index is 5.96. The summed E-state index contributed by atoms with van der Waals surface area (Å²) >= 11 is 0. The van der Waals surface area contributed by atoms with Crippen molar-refractivity contribution >= 4 is 23.4 Å². The minimum atomic E-state index is -0.757. The molecule has 1 aliphatic rings. The quantitative estimate of drug-likeness (QED) is 0.366. The van der Waals surface area contributed by atoms with Gasteiger partial charge in [0.25, 0.3) is 0 Å². The van der Waals surface area contributed by atoms with Crippen LogP contribution in [0.25, 0.3) is 0 Å². The van der Waals surface area contributed by atoms with Crippen molar-refractivity contribution < 1.29 is 0 Å². The van der Waals surface area contributed by atoms with Crippen molar-refractivity contribution in [2.45, 2.75) is 11.8 Å². The summed E-state index contributed by atoms with van der Waals surface area (Å²) in [5.41, 5.74) is 15.8. The third-order valence-corrected chi connectivity index (χ3v) is 5.69. The first-order chi connectivity index (χ1) is 15.7. The monoisotopic (exact) mass is 425 g/mol. The standard InChI is InChI=1S/C23H23N9/c24-21-28-12-8-17(31-21)23(18-9-13-29-22(25)32-18)14-30-20-19(23)16(7-11-27-20)26-10-6-15-4-2-1-3-5-15/h1-5,7-9,11-13H,6,10,14H2,(H2,24,28,31)(H2,25,29,32)(H2,26,27,30). The van der Waals surface area contributed by atoms with Gasteiger partial charge in [-0.25, -0.2) is 24.9 Å². The fourth-order valence-electron chi connectivity index (χ4n) is 4.26. The summed E-state index contributed by atoms with van der Waals surface area (Å²) in [7, 11) is 0. The molecule has 0 amide bonds. The third kappa shape index (κ3) is 3.43. The molecular weight excluding hydrogens is 402 g/mol. The molecule has 1 aromatic carbocycles. The summed E-state index contributed by atoms with van der Waals surface area (Å²) in [5, 5.41) is 7.01. The van der Waals surface area contributed by atoms with Crippen LogP contribution >= 0.6 is 0 Å². The Morgan fingerprint density at radius 3 is 2.16 bits per heavy atom. The number of nitrogen functional groups attached to an aromatic ring is 2. The van der Waals surface area contributed by atoms with Gasteiger partial charge in [-0.3, -0.25) is 0 Å². The summed E-state index contributed by atoms with van der Waals surface area (Å²) in [6.45, 7) is 1.26. The Bertz CT molecular complexity index is 1200. The molecule has 0 bridgehead atoms. The van der Waals surface area contributed by atoms with E-state index in [4.69, 9.17) is 11.5 Å². The van der Waals surface area contributed by atoms with Crippen molar-refractivity contribution in [3.8, 4) is 0 Å². The van der Waals surface area contributed by atoms with Gasteiger partial charge in [-0.1, -0.05) is 30.3 Å². The van der Waals surface area contributed by atoms with E-state index in [0.717, 1.165) is 30.0 Å². The van der Waals surface area contributed by atoms with Crippen molar-refractivity contribution in [1.82, 2.24) is 24.9 Å². The van der Waals surface area contributed by atoms with Gasteiger partial charge in [-0.15, -0.1) is 0 Å². The summed E-state index contributed by atoms with van der Waals surface area (Å²) in [4.78, 5) is 21.9. The number of rotatable bonds is 6. The smallest absolute Gasteiger partial charge is 0.220 e. The van der Waals surface area contributed by atoms with Crippen LogP contribution < -0.4 is 22.1 Å². The summed E-state index contributed by atoms with van der Waals surface area (Å²) in [5.74, 6) is 1.16. The molecule has 0 atom stereocenters. The number of fused-ring (bicyclic) bond motifs is 1. The number of benzene rings is 1. The van der Waals surface area contributed by atoms with Gasteiger partial charge in [0.15, 0.2) is 0 Å². The Balaban J connectivity index is 1.61. The Labute approximate surface area is 185 Å². The van der Waals surface area contributed by atoms with Crippen LogP contribution in [0.3, 0.4) is 0 Å². The highest BCUT2D eigenvalue weighted by atomic mass is 15.1. The number of nitrogens with one attached hydrogen (secondary N) is 2. The fourth-order valence-corrected chi connectivity index (χ4v) is 4.26. The van der Waals surface area contributed by atoms with Gasteiger partial charge >= 0.3 is 0 Å². The van der Waals surface area contributed by atoms with Crippen molar-refractivity contribution in [2.75, 3.05) is 35.2 Å². The maximum atomic E-state index is 5.96. The number of anilines is 4. The predicted molar refractivity (Wildman–Crippen MR) is 124 cm³/mol. The second-order valence-corrected chi connectivity index (χ2v) is 7.60. The van der Waals surface area contributed by atoms with Crippen molar-refractivity contribution in [3.05, 3.63) is 89.6 Å². The predicted octanol–water partition coefficient (Wildman–Crippen LogP) is 2.24. The fraction of sp³-hybridized carbons (Fsp3) is 0.174. The highest BCUT2D eigenvalue weighted by Gasteiger charge is 2.47. The SMILES string of the molecule is Nc1nccc(C2(c3ccnc(N)n3)CNc3nccc(NCCc4ccccc4)c32)n1. The molecule has 0 aliphatic carbocycles. The molecule has 0 fully saturated rings. The molecule has 160 valence electrons. The van der Waals surface area contributed by atoms with E-state index < -0.39 is 5.41 Å². The lowest BCUT2D eigenvalue weighted by atomic mass is 9.75. The van der Waals surface area contributed by atoms with Crippen LogP contribution in [0.5, 0.6) is 0 Å². The average Bonchev–Trinajstić information content (AvgIpc) is 3.21. The van der Waals surface area contributed by atoms with Crippen molar-refractivity contribution in [1.29, 1.82) is 0 Å². The van der Waals surface area contributed by atoms with E-state index in [0.29, 0.717) is 17.9 Å². The van der Waals surface area contributed by atoms with E-state index >= 15 is 0 Å². The Hall–Kier alpha value is -4.27. The first-order valence-electron chi connectivity index (χ1n) is 10.4. The molecule has 4 heterocycles. The lowest BCUT2D eigenvalue weighted by Gasteiger charge is -2.30. The molecule has 5 rings (SSSR count). The molecular formula is C23H23N9. The first kappa shape index (κ1) is 19.7. The molecule has 0 saturated heterocycles. The Morgan fingerprint density at radius 1 is 0.844 bits per heavy atom. The number of pyridine rings is 1. The molecule has 0 radical (unpaired) electrons. The molecule has 4 aromatic rings. The van der Waals surface area contributed by atoms with E-state index in [1.807, 2.05) is 36.4 Å². The van der Waals surface area contributed by atoms with E-state index in [2.05, 4.69) is 47.7 Å². The Kier molecular flexibility index (Phi) is 4.98. The second kappa shape index (κ2) is 8.10. The maximum Gasteiger partial charge on any atom is 0.220 e. The minimum Gasteiger partial charge on any atom is -0.384 e.